The molecular formula is C16H22N2. The molecule has 0 bridgehead atoms. The van der Waals surface area contributed by atoms with Crippen molar-refractivity contribution in [2.45, 2.75) is 13.8 Å². The van der Waals surface area contributed by atoms with Crippen LogP contribution in [0.25, 0.3) is 5.57 Å². The summed E-state index contributed by atoms with van der Waals surface area (Å²) in [6, 6.07) is 8.50. The highest BCUT2D eigenvalue weighted by atomic mass is 15.2. The summed E-state index contributed by atoms with van der Waals surface area (Å²) < 4.78 is 0. The molecule has 1 aromatic rings. The second-order valence-electron chi connectivity index (χ2n) is 4.87. The molecule has 1 heterocycles. The summed E-state index contributed by atoms with van der Waals surface area (Å²) in [5.74, 6) is 0. The van der Waals surface area contributed by atoms with Crippen LogP contribution in [0.3, 0.4) is 0 Å². The molecule has 1 aromatic carbocycles. The normalized spacial score (nSPS) is 16.8. The molecule has 0 amide bonds. The first-order valence-corrected chi connectivity index (χ1v) is 6.57. The monoisotopic (exact) mass is 242 g/mol. The number of aryl methyl sites for hydroxylation is 1. The van der Waals surface area contributed by atoms with Gasteiger partial charge in [-0.3, -0.25) is 0 Å². The minimum absolute atomic E-state index is 1.05. The molecule has 0 aromatic heterocycles. The second kappa shape index (κ2) is 5.87. The number of rotatable bonds is 3. The largest absolute Gasteiger partial charge is 0.369 e. The highest BCUT2D eigenvalue weighted by Crippen LogP contribution is 2.20. The van der Waals surface area contributed by atoms with E-state index in [2.05, 4.69) is 61.0 Å². The average Bonchev–Trinajstić information content (AvgIpc) is 2.40. The summed E-state index contributed by atoms with van der Waals surface area (Å²) in [4.78, 5) is 2.35. The van der Waals surface area contributed by atoms with Gasteiger partial charge < -0.3 is 10.2 Å². The predicted molar refractivity (Wildman–Crippen MR) is 78.4 cm³/mol. The summed E-state index contributed by atoms with van der Waals surface area (Å²) >= 11 is 0. The fraction of sp³-hybridized carbons (Fsp3) is 0.375. The van der Waals surface area contributed by atoms with E-state index in [4.69, 9.17) is 0 Å². The van der Waals surface area contributed by atoms with Gasteiger partial charge >= 0.3 is 0 Å². The quantitative estimate of drug-likeness (QED) is 0.820. The first kappa shape index (κ1) is 12.9. The summed E-state index contributed by atoms with van der Waals surface area (Å²) in [6.07, 6.45) is 2.20. The third kappa shape index (κ3) is 3.02. The molecule has 1 aliphatic heterocycles. The highest BCUT2D eigenvalue weighted by molar-refractivity contribution is 5.68. The fourth-order valence-corrected chi connectivity index (χ4v) is 2.39. The number of benzene rings is 1. The molecule has 96 valence electrons. The number of nitrogens with one attached hydrogen (secondary N) is 1. The van der Waals surface area contributed by atoms with Gasteiger partial charge in [-0.1, -0.05) is 30.8 Å². The molecule has 1 aliphatic rings. The Morgan fingerprint density at radius 1 is 1.28 bits per heavy atom. The maximum absolute atomic E-state index is 4.20. The van der Waals surface area contributed by atoms with Gasteiger partial charge in [-0.15, -0.1) is 0 Å². The molecule has 0 spiro atoms. The van der Waals surface area contributed by atoms with Gasteiger partial charge in [0, 0.05) is 31.9 Å². The lowest BCUT2D eigenvalue weighted by Crippen LogP contribution is -2.42. The molecular weight excluding hydrogens is 220 g/mol. The topological polar surface area (TPSA) is 15.3 Å². The minimum Gasteiger partial charge on any atom is -0.369 e. The van der Waals surface area contributed by atoms with E-state index in [-0.39, 0.29) is 0 Å². The smallest absolute Gasteiger partial charge is 0.0303 e. The summed E-state index contributed by atoms with van der Waals surface area (Å²) in [5.41, 5.74) is 5.04. The maximum Gasteiger partial charge on any atom is 0.0303 e. The van der Waals surface area contributed by atoms with Crippen LogP contribution in [0.2, 0.25) is 0 Å². The van der Waals surface area contributed by atoms with Gasteiger partial charge in [-0.25, -0.2) is 0 Å². The standard InChI is InChI=1S/C16H22N2/c1-13-6-4-5-7-16(13)14(2)12-15(3)18-10-8-17-9-11-18/h4-7,12,17H,3,8-11H2,1-2H3/b14-12-. The SMILES string of the molecule is C=C(/C=C(/C)c1ccccc1C)N1CCNCC1. The van der Waals surface area contributed by atoms with E-state index in [1.54, 1.807) is 0 Å². The molecule has 2 rings (SSSR count). The molecule has 0 saturated carbocycles. The molecule has 0 atom stereocenters. The van der Waals surface area contributed by atoms with Crippen LogP contribution in [-0.4, -0.2) is 31.1 Å². The maximum atomic E-state index is 4.20. The Balaban J connectivity index is 2.12. The van der Waals surface area contributed by atoms with Crippen LogP contribution >= 0.6 is 0 Å². The molecule has 0 unspecified atom stereocenters. The molecule has 1 fully saturated rings. The zero-order valence-corrected chi connectivity index (χ0v) is 11.4. The predicted octanol–water partition coefficient (Wildman–Crippen LogP) is 2.82. The van der Waals surface area contributed by atoms with Crippen molar-refractivity contribution >= 4 is 5.57 Å². The zero-order valence-electron chi connectivity index (χ0n) is 11.4. The van der Waals surface area contributed by atoms with Crippen molar-refractivity contribution in [1.29, 1.82) is 0 Å². The van der Waals surface area contributed by atoms with E-state index in [0.29, 0.717) is 0 Å². The van der Waals surface area contributed by atoms with Crippen molar-refractivity contribution in [3.05, 3.63) is 53.7 Å². The van der Waals surface area contributed by atoms with Gasteiger partial charge in [0.1, 0.15) is 0 Å². The first-order chi connectivity index (χ1) is 8.68. The number of allylic oxidation sites excluding steroid dienone is 2. The van der Waals surface area contributed by atoms with E-state index >= 15 is 0 Å². The van der Waals surface area contributed by atoms with Gasteiger partial charge in [0.2, 0.25) is 0 Å². The molecule has 0 aliphatic carbocycles. The van der Waals surface area contributed by atoms with Crippen LogP contribution in [0.1, 0.15) is 18.1 Å². The van der Waals surface area contributed by atoms with E-state index in [9.17, 15) is 0 Å². The van der Waals surface area contributed by atoms with Crippen molar-refractivity contribution in [2.24, 2.45) is 0 Å². The minimum atomic E-state index is 1.05. The van der Waals surface area contributed by atoms with Crippen LogP contribution in [0.4, 0.5) is 0 Å². The van der Waals surface area contributed by atoms with E-state index in [0.717, 1.165) is 31.9 Å². The number of hydrogen-bond donors (Lipinski definition) is 1. The lowest BCUT2D eigenvalue weighted by Gasteiger charge is -2.30. The van der Waals surface area contributed by atoms with Crippen molar-refractivity contribution < 1.29 is 0 Å². The summed E-state index contributed by atoms with van der Waals surface area (Å²) in [5, 5.41) is 3.36. The van der Waals surface area contributed by atoms with Crippen LogP contribution in [0, 0.1) is 6.92 Å². The van der Waals surface area contributed by atoms with Gasteiger partial charge in [0.05, 0.1) is 0 Å². The van der Waals surface area contributed by atoms with E-state index in [1.807, 2.05) is 0 Å². The third-order valence-electron chi connectivity index (χ3n) is 3.48. The highest BCUT2D eigenvalue weighted by Gasteiger charge is 2.10. The Bertz CT molecular complexity index is 454. The van der Waals surface area contributed by atoms with Gasteiger partial charge in [0.15, 0.2) is 0 Å². The molecule has 18 heavy (non-hydrogen) atoms. The first-order valence-electron chi connectivity index (χ1n) is 6.57. The van der Waals surface area contributed by atoms with Crippen molar-refractivity contribution in [1.82, 2.24) is 10.2 Å². The summed E-state index contributed by atoms with van der Waals surface area (Å²) in [7, 11) is 0. The zero-order chi connectivity index (χ0) is 13.0. The number of piperazine rings is 1. The molecule has 1 saturated heterocycles. The number of hydrogen-bond acceptors (Lipinski definition) is 2. The van der Waals surface area contributed by atoms with Gasteiger partial charge in [0.25, 0.3) is 0 Å². The lowest BCUT2D eigenvalue weighted by atomic mass is 10.0. The fourth-order valence-electron chi connectivity index (χ4n) is 2.39. The van der Waals surface area contributed by atoms with Gasteiger partial charge in [-0.05, 0) is 36.6 Å². The Kier molecular flexibility index (Phi) is 4.21. The number of nitrogens with zero attached hydrogens (tertiary/aromatic N) is 1. The Hall–Kier alpha value is -1.54. The van der Waals surface area contributed by atoms with Crippen LogP contribution < -0.4 is 5.32 Å². The Morgan fingerprint density at radius 2 is 1.94 bits per heavy atom. The van der Waals surface area contributed by atoms with E-state index < -0.39 is 0 Å². The molecule has 0 radical (unpaired) electrons. The second-order valence-corrected chi connectivity index (χ2v) is 4.87. The molecule has 2 heteroatoms. The van der Waals surface area contributed by atoms with Crippen molar-refractivity contribution in [2.75, 3.05) is 26.2 Å². The molecule has 1 N–H and O–H groups in total. The third-order valence-corrected chi connectivity index (χ3v) is 3.48. The van der Waals surface area contributed by atoms with Crippen LogP contribution in [0.5, 0.6) is 0 Å². The van der Waals surface area contributed by atoms with Crippen molar-refractivity contribution in [3.8, 4) is 0 Å². The molecule has 2 nitrogen and oxygen atoms in total. The Labute approximate surface area is 110 Å². The van der Waals surface area contributed by atoms with Gasteiger partial charge in [-0.2, -0.15) is 0 Å². The van der Waals surface area contributed by atoms with Crippen LogP contribution in [-0.2, 0) is 0 Å². The van der Waals surface area contributed by atoms with Crippen LogP contribution in [0.15, 0.2) is 42.6 Å². The van der Waals surface area contributed by atoms with Crippen molar-refractivity contribution in [3.63, 3.8) is 0 Å². The average molecular weight is 242 g/mol. The van der Waals surface area contributed by atoms with E-state index in [1.165, 1.54) is 16.7 Å². The lowest BCUT2D eigenvalue weighted by molar-refractivity contribution is 0.308. The Morgan fingerprint density at radius 3 is 2.61 bits per heavy atom. The summed E-state index contributed by atoms with van der Waals surface area (Å²) in [6.45, 7) is 12.7.